The van der Waals surface area contributed by atoms with Crippen molar-refractivity contribution in [2.75, 3.05) is 0 Å². The van der Waals surface area contributed by atoms with Crippen molar-refractivity contribution >= 4 is 10.8 Å². The quantitative estimate of drug-likeness (QED) is 0.553. The Morgan fingerprint density at radius 2 is 1.78 bits per heavy atom. The van der Waals surface area contributed by atoms with Gasteiger partial charge >= 0.3 is 0 Å². The smallest absolute Gasteiger partial charge is 0.0163 e. The van der Waals surface area contributed by atoms with Crippen molar-refractivity contribution in [3.63, 3.8) is 0 Å². The third-order valence-corrected chi connectivity index (χ3v) is 2.87. The molecule has 3 aromatic rings. The molecule has 0 N–H and O–H groups in total. The molecular formula is C16H12IrN-. The zero-order valence-electron chi connectivity index (χ0n) is 9.98. The summed E-state index contributed by atoms with van der Waals surface area (Å²) in [5.41, 5.74) is 3.25. The van der Waals surface area contributed by atoms with E-state index in [1.807, 2.05) is 24.4 Å². The Balaban J connectivity index is 0.00000120. The molecule has 0 aliphatic heterocycles. The fourth-order valence-electron chi connectivity index (χ4n) is 1.96. The van der Waals surface area contributed by atoms with Crippen LogP contribution in [0, 0.1) is 13.0 Å². The number of fused-ring (bicyclic) bond motifs is 1. The average Bonchev–Trinajstić information content (AvgIpc) is 2.38. The van der Waals surface area contributed by atoms with Gasteiger partial charge in [-0.2, -0.15) is 0 Å². The van der Waals surface area contributed by atoms with E-state index < -0.39 is 0 Å². The summed E-state index contributed by atoms with van der Waals surface area (Å²) in [6.45, 7) is 2.08. The van der Waals surface area contributed by atoms with E-state index in [1.54, 1.807) is 0 Å². The molecule has 1 aromatic heterocycles. The van der Waals surface area contributed by atoms with Crippen molar-refractivity contribution in [1.82, 2.24) is 4.98 Å². The number of aromatic nitrogens is 1. The summed E-state index contributed by atoms with van der Waals surface area (Å²) in [6, 6.07) is 19.8. The maximum absolute atomic E-state index is 4.39. The Bertz CT molecular complexity index is 677. The molecule has 1 heterocycles. The SMILES string of the molecule is Cc1ccnc(-c2[c-]cc3ccccc3c2)c1.[Ir]. The van der Waals surface area contributed by atoms with Crippen LogP contribution in [-0.2, 0) is 20.1 Å². The van der Waals surface area contributed by atoms with Crippen LogP contribution in [-0.4, -0.2) is 4.98 Å². The predicted octanol–water partition coefficient (Wildman–Crippen LogP) is 4.01. The summed E-state index contributed by atoms with van der Waals surface area (Å²) in [5, 5.41) is 2.44. The summed E-state index contributed by atoms with van der Waals surface area (Å²) in [4.78, 5) is 4.39. The van der Waals surface area contributed by atoms with Crippen LogP contribution in [0.4, 0.5) is 0 Å². The summed E-state index contributed by atoms with van der Waals surface area (Å²) in [6.07, 6.45) is 1.84. The molecule has 3 rings (SSSR count). The van der Waals surface area contributed by atoms with Crippen LogP contribution in [0.25, 0.3) is 22.0 Å². The van der Waals surface area contributed by atoms with E-state index >= 15 is 0 Å². The van der Waals surface area contributed by atoms with Crippen LogP contribution in [0.2, 0.25) is 0 Å². The van der Waals surface area contributed by atoms with E-state index in [2.05, 4.69) is 48.3 Å². The van der Waals surface area contributed by atoms with Crippen molar-refractivity contribution < 1.29 is 20.1 Å². The monoisotopic (exact) mass is 411 g/mol. The molecule has 0 saturated heterocycles. The second-order valence-corrected chi connectivity index (χ2v) is 4.19. The molecule has 0 aliphatic carbocycles. The molecular weight excluding hydrogens is 398 g/mol. The van der Waals surface area contributed by atoms with Gasteiger partial charge in [0.1, 0.15) is 0 Å². The number of nitrogens with zero attached hydrogens (tertiary/aromatic N) is 1. The maximum atomic E-state index is 4.39. The van der Waals surface area contributed by atoms with Gasteiger partial charge in [-0.1, -0.05) is 41.3 Å². The van der Waals surface area contributed by atoms with Crippen LogP contribution < -0.4 is 0 Å². The summed E-state index contributed by atoms with van der Waals surface area (Å²) in [5.74, 6) is 0. The van der Waals surface area contributed by atoms with Gasteiger partial charge in [-0.05, 0) is 18.7 Å². The molecule has 0 amide bonds. The van der Waals surface area contributed by atoms with Gasteiger partial charge in [0.2, 0.25) is 0 Å². The van der Waals surface area contributed by atoms with Gasteiger partial charge in [-0.3, -0.25) is 0 Å². The van der Waals surface area contributed by atoms with E-state index in [-0.39, 0.29) is 20.1 Å². The van der Waals surface area contributed by atoms with Gasteiger partial charge in [0.25, 0.3) is 0 Å². The first-order chi connectivity index (χ1) is 8.33. The summed E-state index contributed by atoms with van der Waals surface area (Å²) >= 11 is 0. The first kappa shape index (κ1) is 12.9. The molecule has 18 heavy (non-hydrogen) atoms. The molecule has 1 nitrogen and oxygen atoms in total. The van der Waals surface area contributed by atoms with Crippen LogP contribution in [0.1, 0.15) is 5.56 Å². The molecule has 0 saturated carbocycles. The van der Waals surface area contributed by atoms with Crippen LogP contribution in [0.15, 0.2) is 54.7 Å². The van der Waals surface area contributed by atoms with E-state index in [0.717, 1.165) is 11.3 Å². The average molecular weight is 410 g/mol. The third kappa shape index (κ3) is 2.50. The Hall–Kier alpha value is -1.50. The zero-order chi connectivity index (χ0) is 11.7. The molecule has 0 bridgehead atoms. The Kier molecular flexibility index (Phi) is 3.90. The van der Waals surface area contributed by atoms with Gasteiger partial charge in [0.05, 0.1) is 0 Å². The largest absolute Gasteiger partial charge is 0.305 e. The first-order valence-electron chi connectivity index (χ1n) is 5.66. The van der Waals surface area contributed by atoms with Crippen molar-refractivity contribution in [2.24, 2.45) is 0 Å². The molecule has 0 aliphatic rings. The summed E-state index contributed by atoms with van der Waals surface area (Å²) < 4.78 is 0. The number of benzene rings is 2. The molecule has 0 unspecified atom stereocenters. The third-order valence-electron chi connectivity index (χ3n) is 2.87. The van der Waals surface area contributed by atoms with Gasteiger partial charge in [0.15, 0.2) is 0 Å². The second-order valence-electron chi connectivity index (χ2n) is 4.19. The van der Waals surface area contributed by atoms with E-state index in [9.17, 15) is 0 Å². The fraction of sp³-hybridized carbons (Fsp3) is 0.0625. The number of hydrogen-bond acceptors (Lipinski definition) is 1. The first-order valence-corrected chi connectivity index (χ1v) is 5.66. The molecule has 0 atom stereocenters. The second kappa shape index (κ2) is 5.43. The topological polar surface area (TPSA) is 12.9 Å². The normalized spacial score (nSPS) is 10.1. The maximum Gasteiger partial charge on any atom is 0.0163 e. The predicted molar refractivity (Wildman–Crippen MR) is 70.8 cm³/mol. The minimum atomic E-state index is 0. The molecule has 2 heteroatoms. The van der Waals surface area contributed by atoms with E-state index in [0.29, 0.717) is 0 Å². The van der Waals surface area contributed by atoms with E-state index in [4.69, 9.17) is 0 Å². The number of aryl methyl sites for hydroxylation is 1. The Morgan fingerprint density at radius 3 is 2.56 bits per heavy atom. The number of hydrogen-bond donors (Lipinski definition) is 0. The van der Waals surface area contributed by atoms with Crippen LogP contribution in [0.3, 0.4) is 0 Å². The Morgan fingerprint density at radius 1 is 1.00 bits per heavy atom. The minimum Gasteiger partial charge on any atom is -0.305 e. The van der Waals surface area contributed by atoms with Crippen molar-refractivity contribution in [1.29, 1.82) is 0 Å². The van der Waals surface area contributed by atoms with Crippen molar-refractivity contribution in [2.45, 2.75) is 6.92 Å². The fourth-order valence-corrected chi connectivity index (χ4v) is 1.96. The number of pyridine rings is 1. The van der Waals surface area contributed by atoms with Crippen molar-refractivity contribution in [3.8, 4) is 11.3 Å². The van der Waals surface area contributed by atoms with Gasteiger partial charge in [-0.25, -0.2) is 0 Å². The molecule has 0 spiro atoms. The zero-order valence-corrected chi connectivity index (χ0v) is 12.4. The minimum absolute atomic E-state index is 0. The van der Waals surface area contributed by atoms with E-state index in [1.165, 1.54) is 16.3 Å². The van der Waals surface area contributed by atoms with Gasteiger partial charge < -0.3 is 4.98 Å². The van der Waals surface area contributed by atoms with Gasteiger partial charge in [-0.15, -0.1) is 29.1 Å². The summed E-state index contributed by atoms with van der Waals surface area (Å²) in [7, 11) is 0. The molecule has 1 radical (unpaired) electrons. The molecule has 91 valence electrons. The van der Waals surface area contributed by atoms with Gasteiger partial charge in [0, 0.05) is 26.3 Å². The van der Waals surface area contributed by atoms with Crippen LogP contribution in [0.5, 0.6) is 0 Å². The van der Waals surface area contributed by atoms with Crippen molar-refractivity contribution in [3.05, 3.63) is 66.4 Å². The molecule has 2 aromatic carbocycles. The molecule has 0 fully saturated rings. The Labute approximate surface area is 120 Å². The number of rotatable bonds is 1. The van der Waals surface area contributed by atoms with Crippen LogP contribution >= 0.6 is 0 Å². The standard InChI is InChI=1S/C16H12N.Ir/c1-12-8-9-17-16(10-12)15-7-6-13-4-2-3-5-14(13)11-15;/h2-6,8-11H,1H3;/q-1;.